The second-order valence-corrected chi connectivity index (χ2v) is 10.5. The first kappa shape index (κ1) is 20.3. The van der Waals surface area contributed by atoms with Crippen LogP contribution in [-0.4, -0.2) is 54.6 Å². The zero-order valence-electron chi connectivity index (χ0n) is 18.4. The van der Waals surface area contributed by atoms with Crippen LogP contribution in [0.2, 0.25) is 0 Å². The molecule has 2 aliphatic carbocycles. The second kappa shape index (κ2) is 8.12. The summed E-state index contributed by atoms with van der Waals surface area (Å²) < 4.78 is 5.96. The predicted molar refractivity (Wildman–Crippen MR) is 119 cm³/mol. The summed E-state index contributed by atoms with van der Waals surface area (Å²) in [6.45, 7) is 12.9. The minimum Gasteiger partial charge on any atom is -0.462 e. The van der Waals surface area contributed by atoms with E-state index in [9.17, 15) is 4.79 Å². The van der Waals surface area contributed by atoms with E-state index in [1.807, 2.05) is 0 Å². The molecule has 2 saturated heterocycles. The Kier molecular flexibility index (Phi) is 5.49. The van der Waals surface area contributed by atoms with E-state index in [1.165, 1.54) is 30.4 Å². The molecule has 1 aromatic carbocycles. The minimum absolute atomic E-state index is 0.0509. The van der Waals surface area contributed by atoms with E-state index in [2.05, 4.69) is 53.6 Å². The lowest BCUT2D eigenvalue weighted by atomic mass is 9.55. The third-order valence-corrected chi connectivity index (χ3v) is 8.49. The SMILES string of the molecule is C=C1CCC[C@]2(C)C[C@H]3OC(=O)[C@@H](CN4CCN(Cc5ccccc5)CC4)[C@@H]3C[C@@H]12. The molecule has 5 rings (SSSR count). The number of ether oxygens (including phenoxy) is 1. The average molecular weight is 409 g/mol. The van der Waals surface area contributed by atoms with Gasteiger partial charge in [0.15, 0.2) is 0 Å². The maximum Gasteiger partial charge on any atom is 0.310 e. The molecule has 2 aliphatic heterocycles. The molecular weight excluding hydrogens is 372 g/mol. The summed E-state index contributed by atoms with van der Waals surface area (Å²) in [6.07, 6.45) is 5.94. The van der Waals surface area contributed by atoms with E-state index >= 15 is 0 Å². The molecular formula is C26H36N2O2. The minimum atomic E-state index is 0.0509. The zero-order chi connectivity index (χ0) is 20.7. The van der Waals surface area contributed by atoms with Gasteiger partial charge >= 0.3 is 5.97 Å². The van der Waals surface area contributed by atoms with Gasteiger partial charge in [0.1, 0.15) is 6.10 Å². The molecule has 4 heteroatoms. The predicted octanol–water partition coefficient (Wildman–Crippen LogP) is 4.12. The van der Waals surface area contributed by atoms with Gasteiger partial charge in [0.2, 0.25) is 0 Å². The summed E-state index contributed by atoms with van der Waals surface area (Å²) in [6, 6.07) is 10.7. The fourth-order valence-electron chi connectivity index (χ4n) is 6.71. The summed E-state index contributed by atoms with van der Waals surface area (Å²) in [4.78, 5) is 17.9. The first-order valence-corrected chi connectivity index (χ1v) is 11.9. The highest BCUT2D eigenvalue weighted by Crippen LogP contribution is 2.56. The highest BCUT2D eigenvalue weighted by atomic mass is 16.6. The van der Waals surface area contributed by atoms with Crippen LogP contribution >= 0.6 is 0 Å². The van der Waals surface area contributed by atoms with Crippen molar-refractivity contribution in [3.63, 3.8) is 0 Å². The van der Waals surface area contributed by atoms with Crippen molar-refractivity contribution in [3.05, 3.63) is 48.0 Å². The maximum atomic E-state index is 12.8. The van der Waals surface area contributed by atoms with Crippen LogP contribution in [0.3, 0.4) is 0 Å². The topological polar surface area (TPSA) is 32.8 Å². The number of piperazine rings is 1. The van der Waals surface area contributed by atoms with Crippen molar-refractivity contribution in [2.45, 2.75) is 51.7 Å². The number of carbonyl (C=O) groups excluding carboxylic acids is 1. The number of esters is 1. The molecule has 0 radical (unpaired) electrons. The number of rotatable bonds is 4. The summed E-state index contributed by atoms with van der Waals surface area (Å²) in [7, 11) is 0. The largest absolute Gasteiger partial charge is 0.462 e. The normalized spacial score (nSPS) is 37.5. The van der Waals surface area contributed by atoms with Crippen molar-refractivity contribution >= 4 is 5.97 Å². The molecule has 0 spiro atoms. The van der Waals surface area contributed by atoms with Gasteiger partial charge in [0.05, 0.1) is 5.92 Å². The number of allylic oxidation sites excluding steroid dienone is 1. The van der Waals surface area contributed by atoms with Crippen LogP contribution in [0, 0.1) is 23.2 Å². The van der Waals surface area contributed by atoms with E-state index in [-0.39, 0.29) is 23.4 Å². The Morgan fingerprint density at radius 3 is 2.63 bits per heavy atom. The molecule has 162 valence electrons. The average Bonchev–Trinajstić information content (AvgIpc) is 3.02. The van der Waals surface area contributed by atoms with E-state index in [0.717, 1.165) is 52.1 Å². The Morgan fingerprint density at radius 2 is 1.87 bits per heavy atom. The van der Waals surface area contributed by atoms with Crippen molar-refractivity contribution < 1.29 is 9.53 Å². The van der Waals surface area contributed by atoms with Crippen LogP contribution in [0.25, 0.3) is 0 Å². The summed E-state index contributed by atoms with van der Waals surface area (Å²) >= 11 is 0. The lowest BCUT2D eigenvalue weighted by Gasteiger charge is -2.50. The number of carbonyl (C=O) groups is 1. The molecule has 4 fully saturated rings. The lowest BCUT2D eigenvalue weighted by molar-refractivity contribution is -0.146. The number of nitrogens with zero attached hydrogens (tertiary/aromatic N) is 2. The van der Waals surface area contributed by atoms with Gasteiger partial charge in [-0.05, 0) is 49.0 Å². The number of benzene rings is 1. The Morgan fingerprint density at radius 1 is 1.13 bits per heavy atom. The van der Waals surface area contributed by atoms with Crippen LogP contribution in [0.1, 0.15) is 44.6 Å². The van der Waals surface area contributed by atoms with Crippen molar-refractivity contribution in [1.29, 1.82) is 0 Å². The first-order chi connectivity index (χ1) is 14.5. The van der Waals surface area contributed by atoms with Crippen LogP contribution in [0.4, 0.5) is 0 Å². The van der Waals surface area contributed by atoms with Crippen LogP contribution in [-0.2, 0) is 16.1 Å². The third-order valence-electron chi connectivity index (χ3n) is 8.49. The highest BCUT2D eigenvalue weighted by Gasteiger charge is 2.55. The highest BCUT2D eigenvalue weighted by molar-refractivity contribution is 5.75. The van der Waals surface area contributed by atoms with Crippen LogP contribution in [0.5, 0.6) is 0 Å². The Labute approximate surface area is 181 Å². The standard InChI is InChI=1S/C26H36N2O2/c1-19-7-6-10-26(2)16-24-21(15-23(19)26)22(25(29)30-24)18-28-13-11-27(12-14-28)17-20-8-4-3-5-9-20/h3-5,8-9,21-24H,1,6-7,10-18H2,2H3/t21-,22-,23-,24+,26+/m0/s1. The van der Waals surface area contributed by atoms with E-state index < -0.39 is 0 Å². The Bertz CT molecular complexity index is 785. The molecule has 4 aliphatic rings. The monoisotopic (exact) mass is 408 g/mol. The van der Waals surface area contributed by atoms with Crippen molar-refractivity contribution in [2.75, 3.05) is 32.7 Å². The molecule has 1 aromatic rings. The van der Waals surface area contributed by atoms with E-state index in [1.54, 1.807) is 0 Å². The third kappa shape index (κ3) is 3.85. The van der Waals surface area contributed by atoms with Crippen molar-refractivity contribution in [2.24, 2.45) is 23.2 Å². The van der Waals surface area contributed by atoms with Gasteiger partial charge in [-0.1, -0.05) is 49.4 Å². The van der Waals surface area contributed by atoms with Gasteiger partial charge in [-0.2, -0.15) is 0 Å². The molecule has 4 nitrogen and oxygen atoms in total. The number of hydrogen-bond acceptors (Lipinski definition) is 4. The summed E-state index contributed by atoms with van der Waals surface area (Å²) in [5, 5.41) is 0. The van der Waals surface area contributed by atoms with E-state index in [4.69, 9.17) is 4.74 Å². The smallest absolute Gasteiger partial charge is 0.310 e. The summed E-state index contributed by atoms with van der Waals surface area (Å²) in [5.74, 6) is 1.07. The van der Waals surface area contributed by atoms with Crippen LogP contribution in [0.15, 0.2) is 42.5 Å². The van der Waals surface area contributed by atoms with Gasteiger partial charge in [0.25, 0.3) is 0 Å². The van der Waals surface area contributed by atoms with Gasteiger partial charge in [-0.25, -0.2) is 0 Å². The molecule has 2 heterocycles. The lowest BCUT2D eigenvalue weighted by Crippen LogP contribution is -2.49. The van der Waals surface area contributed by atoms with Gasteiger partial charge in [0, 0.05) is 45.2 Å². The Balaban J connectivity index is 1.19. The van der Waals surface area contributed by atoms with Crippen molar-refractivity contribution in [3.8, 4) is 0 Å². The molecule has 2 saturated carbocycles. The molecule has 5 atom stereocenters. The zero-order valence-corrected chi connectivity index (χ0v) is 18.4. The molecule has 0 aromatic heterocycles. The van der Waals surface area contributed by atoms with E-state index in [0.29, 0.717) is 11.8 Å². The first-order valence-electron chi connectivity index (χ1n) is 11.9. The van der Waals surface area contributed by atoms with Crippen molar-refractivity contribution in [1.82, 2.24) is 9.80 Å². The quantitative estimate of drug-likeness (QED) is 0.554. The molecule has 0 N–H and O–H groups in total. The fraction of sp³-hybridized carbons (Fsp3) is 0.654. The molecule has 30 heavy (non-hydrogen) atoms. The van der Waals surface area contributed by atoms with Crippen LogP contribution < -0.4 is 0 Å². The maximum absolute atomic E-state index is 12.8. The second-order valence-electron chi connectivity index (χ2n) is 10.5. The van der Waals surface area contributed by atoms with Gasteiger partial charge < -0.3 is 4.74 Å². The summed E-state index contributed by atoms with van der Waals surface area (Å²) in [5.41, 5.74) is 3.09. The fourth-order valence-corrected chi connectivity index (χ4v) is 6.71. The molecule has 0 unspecified atom stereocenters. The number of hydrogen-bond donors (Lipinski definition) is 0. The molecule has 0 bridgehead atoms. The molecule has 0 amide bonds. The Hall–Kier alpha value is -1.65. The number of fused-ring (bicyclic) bond motifs is 2. The van der Waals surface area contributed by atoms with Gasteiger partial charge in [-0.3, -0.25) is 14.6 Å². The van der Waals surface area contributed by atoms with Gasteiger partial charge in [-0.15, -0.1) is 0 Å².